The van der Waals surface area contributed by atoms with Gasteiger partial charge in [-0.1, -0.05) is 0 Å². The van der Waals surface area contributed by atoms with E-state index < -0.39 is 0 Å². The smallest absolute Gasteiger partial charge is 0.294 e. The molecule has 0 unspecified atom stereocenters. The Bertz CT molecular complexity index is 292. The minimum absolute atomic E-state index is 0.654. The van der Waals surface area contributed by atoms with E-state index in [9.17, 15) is 0 Å². The molecular formula is C11H19N3O. The van der Waals surface area contributed by atoms with E-state index in [1.165, 1.54) is 32.4 Å². The summed E-state index contributed by atoms with van der Waals surface area (Å²) in [5.41, 5.74) is 0. The molecule has 2 rings (SSSR count). The van der Waals surface area contributed by atoms with Crippen LogP contribution < -0.4 is 10.6 Å². The van der Waals surface area contributed by atoms with Crippen LogP contribution in [-0.2, 0) is 0 Å². The van der Waals surface area contributed by atoms with Gasteiger partial charge >= 0.3 is 0 Å². The van der Waals surface area contributed by atoms with Gasteiger partial charge in [-0.05, 0) is 45.2 Å². The first-order chi connectivity index (χ1) is 7.34. The molecular weight excluding hydrogens is 190 g/mol. The molecule has 0 amide bonds. The number of aromatic nitrogens is 1. The summed E-state index contributed by atoms with van der Waals surface area (Å²) in [6.45, 7) is 5.21. The van der Waals surface area contributed by atoms with Gasteiger partial charge in [-0.3, -0.25) is 0 Å². The number of oxazole rings is 1. The Labute approximate surface area is 90.5 Å². The lowest BCUT2D eigenvalue weighted by atomic mass is 9.95. The maximum Gasteiger partial charge on any atom is 0.294 e. The van der Waals surface area contributed by atoms with Crippen LogP contribution in [0.5, 0.6) is 0 Å². The van der Waals surface area contributed by atoms with Crippen LogP contribution >= 0.6 is 0 Å². The molecule has 0 atom stereocenters. The summed E-state index contributed by atoms with van der Waals surface area (Å²) in [5, 5.41) is 6.59. The summed E-state index contributed by atoms with van der Waals surface area (Å²) < 4.78 is 5.34. The van der Waals surface area contributed by atoms with Gasteiger partial charge in [-0.25, -0.2) is 4.98 Å². The quantitative estimate of drug-likeness (QED) is 0.793. The lowest BCUT2D eigenvalue weighted by Crippen LogP contribution is -2.28. The van der Waals surface area contributed by atoms with Crippen LogP contribution in [0, 0.1) is 12.8 Å². The Balaban J connectivity index is 1.65. The van der Waals surface area contributed by atoms with Crippen molar-refractivity contribution < 1.29 is 4.42 Å². The van der Waals surface area contributed by atoms with E-state index in [1.54, 1.807) is 6.20 Å². The lowest BCUT2D eigenvalue weighted by Gasteiger charge is -2.22. The minimum atomic E-state index is 0.654. The molecule has 0 spiro atoms. The number of piperidine rings is 1. The number of nitrogens with zero attached hydrogens (tertiary/aromatic N) is 1. The van der Waals surface area contributed by atoms with Crippen molar-refractivity contribution in [2.75, 3.05) is 25.0 Å². The van der Waals surface area contributed by atoms with Gasteiger partial charge in [0.2, 0.25) is 0 Å². The van der Waals surface area contributed by atoms with Gasteiger partial charge in [0.25, 0.3) is 6.01 Å². The molecule has 4 heteroatoms. The van der Waals surface area contributed by atoms with Crippen molar-refractivity contribution in [1.82, 2.24) is 10.3 Å². The third-order valence-corrected chi connectivity index (χ3v) is 2.91. The SMILES string of the molecule is Cc1cnc(NCCC2CCNCC2)o1. The van der Waals surface area contributed by atoms with Crippen molar-refractivity contribution in [3.05, 3.63) is 12.0 Å². The lowest BCUT2D eigenvalue weighted by molar-refractivity contribution is 0.360. The maximum atomic E-state index is 5.34. The molecule has 1 aromatic rings. The third-order valence-electron chi connectivity index (χ3n) is 2.91. The highest BCUT2D eigenvalue weighted by atomic mass is 16.4. The zero-order valence-electron chi connectivity index (χ0n) is 9.25. The maximum absolute atomic E-state index is 5.34. The molecule has 15 heavy (non-hydrogen) atoms. The Morgan fingerprint density at radius 1 is 1.53 bits per heavy atom. The van der Waals surface area contributed by atoms with Gasteiger partial charge in [0.15, 0.2) is 0 Å². The van der Waals surface area contributed by atoms with Gasteiger partial charge in [-0.15, -0.1) is 0 Å². The molecule has 2 heterocycles. The summed E-state index contributed by atoms with van der Waals surface area (Å²) >= 11 is 0. The third kappa shape index (κ3) is 3.23. The molecule has 1 saturated heterocycles. The summed E-state index contributed by atoms with van der Waals surface area (Å²) in [5.74, 6) is 1.72. The Kier molecular flexibility index (Phi) is 3.61. The van der Waals surface area contributed by atoms with E-state index in [0.717, 1.165) is 18.2 Å². The second-order valence-electron chi connectivity index (χ2n) is 4.18. The normalized spacial score (nSPS) is 17.9. The van der Waals surface area contributed by atoms with Gasteiger partial charge in [-0.2, -0.15) is 0 Å². The second kappa shape index (κ2) is 5.16. The number of aryl methyl sites for hydroxylation is 1. The van der Waals surface area contributed by atoms with Crippen molar-refractivity contribution >= 4 is 6.01 Å². The molecule has 1 aliphatic heterocycles. The van der Waals surface area contributed by atoms with Crippen molar-refractivity contribution in [2.45, 2.75) is 26.2 Å². The van der Waals surface area contributed by atoms with Gasteiger partial charge < -0.3 is 15.1 Å². The van der Waals surface area contributed by atoms with Crippen molar-refractivity contribution in [2.24, 2.45) is 5.92 Å². The molecule has 0 saturated carbocycles. The molecule has 84 valence electrons. The predicted molar refractivity (Wildman–Crippen MR) is 59.9 cm³/mol. The Morgan fingerprint density at radius 2 is 2.33 bits per heavy atom. The average molecular weight is 209 g/mol. The molecule has 2 N–H and O–H groups in total. The van der Waals surface area contributed by atoms with Crippen LogP contribution in [0.4, 0.5) is 6.01 Å². The van der Waals surface area contributed by atoms with E-state index >= 15 is 0 Å². The first-order valence-corrected chi connectivity index (χ1v) is 5.71. The number of rotatable bonds is 4. The monoisotopic (exact) mass is 209 g/mol. The zero-order valence-corrected chi connectivity index (χ0v) is 9.25. The molecule has 0 bridgehead atoms. The summed E-state index contributed by atoms with van der Waals surface area (Å²) in [7, 11) is 0. The van der Waals surface area contributed by atoms with E-state index in [1.807, 2.05) is 6.92 Å². The van der Waals surface area contributed by atoms with Gasteiger partial charge in [0.1, 0.15) is 5.76 Å². The summed E-state index contributed by atoms with van der Waals surface area (Å²) in [6.07, 6.45) is 5.55. The number of hydrogen-bond acceptors (Lipinski definition) is 4. The fraction of sp³-hybridized carbons (Fsp3) is 0.727. The molecule has 0 aliphatic carbocycles. The summed E-state index contributed by atoms with van der Waals surface area (Å²) in [4.78, 5) is 4.11. The summed E-state index contributed by atoms with van der Waals surface area (Å²) in [6, 6.07) is 0.654. The number of anilines is 1. The molecule has 0 aromatic carbocycles. The van der Waals surface area contributed by atoms with E-state index in [-0.39, 0.29) is 0 Å². The van der Waals surface area contributed by atoms with Crippen molar-refractivity contribution in [3.8, 4) is 0 Å². The van der Waals surface area contributed by atoms with Crippen molar-refractivity contribution in [3.63, 3.8) is 0 Å². The predicted octanol–water partition coefficient (Wildman–Crippen LogP) is 1.78. The van der Waals surface area contributed by atoms with Crippen molar-refractivity contribution in [1.29, 1.82) is 0 Å². The van der Waals surface area contributed by atoms with Crippen LogP contribution in [0.3, 0.4) is 0 Å². The molecule has 4 nitrogen and oxygen atoms in total. The van der Waals surface area contributed by atoms with Gasteiger partial charge in [0.05, 0.1) is 6.20 Å². The fourth-order valence-corrected chi connectivity index (χ4v) is 1.99. The first kappa shape index (κ1) is 10.5. The molecule has 1 aromatic heterocycles. The minimum Gasteiger partial charge on any atom is -0.429 e. The fourth-order valence-electron chi connectivity index (χ4n) is 1.99. The highest BCUT2D eigenvalue weighted by molar-refractivity contribution is 5.19. The standard InChI is InChI=1S/C11H19N3O/c1-9-8-14-11(15-9)13-7-4-10-2-5-12-6-3-10/h8,10,12H,2-7H2,1H3,(H,13,14). The largest absolute Gasteiger partial charge is 0.429 e. The number of hydrogen-bond donors (Lipinski definition) is 2. The van der Waals surface area contributed by atoms with Crippen LogP contribution in [0.15, 0.2) is 10.6 Å². The molecule has 1 aliphatic rings. The molecule has 1 fully saturated rings. The van der Waals surface area contributed by atoms with Gasteiger partial charge in [0, 0.05) is 6.54 Å². The van der Waals surface area contributed by atoms with Crippen LogP contribution in [0.1, 0.15) is 25.0 Å². The highest BCUT2D eigenvalue weighted by Gasteiger charge is 2.12. The Hall–Kier alpha value is -1.03. The van der Waals surface area contributed by atoms with Crippen LogP contribution in [0.2, 0.25) is 0 Å². The highest BCUT2D eigenvalue weighted by Crippen LogP contribution is 2.16. The van der Waals surface area contributed by atoms with Crippen LogP contribution in [-0.4, -0.2) is 24.6 Å². The van der Waals surface area contributed by atoms with E-state index in [4.69, 9.17) is 4.42 Å². The Morgan fingerprint density at radius 3 is 3.00 bits per heavy atom. The zero-order chi connectivity index (χ0) is 10.5. The topological polar surface area (TPSA) is 50.1 Å². The second-order valence-corrected chi connectivity index (χ2v) is 4.18. The van der Waals surface area contributed by atoms with E-state index in [0.29, 0.717) is 6.01 Å². The van der Waals surface area contributed by atoms with Crippen LogP contribution in [0.25, 0.3) is 0 Å². The molecule has 0 radical (unpaired) electrons. The average Bonchev–Trinajstić information content (AvgIpc) is 2.66. The van der Waals surface area contributed by atoms with E-state index in [2.05, 4.69) is 15.6 Å². The first-order valence-electron chi connectivity index (χ1n) is 5.71. The number of nitrogens with one attached hydrogen (secondary N) is 2.